The van der Waals surface area contributed by atoms with E-state index in [9.17, 15) is 18.0 Å². The highest BCUT2D eigenvalue weighted by atomic mass is 35.5. The Morgan fingerprint density at radius 1 is 1.23 bits per heavy atom. The molecule has 218 valence electrons. The first kappa shape index (κ1) is 29.7. The average molecular weight is 585 g/mol. The molecule has 0 bridgehead atoms. The highest BCUT2D eigenvalue weighted by Crippen LogP contribution is 2.42. The molecule has 0 amide bonds. The fourth-order valence-electron chi connectivity index (χ4n) is 5.33. The zero-order valence-corrected chi connectivity index (χ0v) is 23.4. The summed E-state index contributed by atoms with van der Waals surface area (Å²) < 4.78 is 63.4. The number of esters is 1. The molecule has 1 fully saturated rings. The van der Waals surface area contributed by atoms with Crippen LogP contribution in [-0.2, 0) is 19.7 Å². The second kappa shape index (κ2) is 12.1. The molecular formula is C27H32ClF3N4O5. The molecule has 4 atom stereocenters. The smallest absolute Gasteiger partial charge is 0.432 e. The maximum atomic E-state index is 13.9. The zero-order valence-electron chi connectivity index (χ0n) is 22.6. The topological polar surface area (TPSA) is 94.5 Å². The van der Waals surface area contributed by atoms with Crippen molar-refractivity contribution in [1.82, 2.24) is 10.4 Å². The Morgan fingerprint density at radius 2 is 1.95 bits per heavy atom. The number of piperidine rings is 1. The van der Waals surface area contributed by atoms with Crippen LogP contribution in [0.5, 0.6) is 11.6 Å². The van der Waals surface area contributed by atoms with Crippen molar-refractivity contribution < 1.29 is 36.9 Å². The van der Waals surface area contributed by atoms with Gasteiger partial charge in [-0.25, -0.2) is 4.98 Å². The highest BCUT2D eigenvalue weighted by molar-refractivity contribution is 6.33. The molecule has 1 aromatic carbocycles. The normalized spacial score (nSPS) is 24.8. The summed E-state index contributed by atoms with van der Waals surface area (Å²) in [5.41, 5.74) is 1.03. The van der Waals surface area contributed by atoms with E-state index in [0.717, 1.165) is 5.69 Å². The third kappa shape index (κ3) is 6.07. The van der Waals surface area contributed by atoms with E-state index in [4.69, 9.17) is 25.8 Å². The summed E-state index contributed by atoms with van der Waals surface area (Å²) in [6.45, 7) is 3.11. The van der Waals surface area contributed by atoms with E-state index in [1.807, 2.05) is 0 Å². The van der Waals surface area contributed by atoms with E-state index in [2.05, 4.69) is 25.1 Å². The number of benzene rings is 1. The minimum atomic E-state index is -4.69. The summed E-state index contributed by atoms with van der Waals surface area (Å²) in [5, 5.41) is 4.07. The molecule has 0 spiro atoms. The average Bonchev–Trinajstić information content (AvgIpc) is 3.27. The monoisotopic (exact) mass is 584 g/mol. The summed E-state index contributed by atoms with van der Waals surface area (Å²) in [7, 11) is 4.35. The van der Waals surface area contributed by atoms with Crippen LogP contribution in [0, 0.1) is 5.92 Å². The van der Waals surface area contributed by atoms with Gasteiger partial charge >= 0.3 is 12.1 Å². The van der Waals surface area contributed by atoms with Gasteiger partial charge in [0, 0.05) is 38.6 Å². The van der Waals surface area contributed by atoms with Gasteiger partial charge in [-0.15, -0.1) is 0 Å². The quantitative estimate of drug-likeness (QED) is 0.434. The van der Waals surface area contributed by atoms with Crippen LogP contribution in [0.1, 0.15) is 25.3 Å². The Hall–Kier alpha value is -3.25. The number of alkyl halides is 3. The van der Waals surface area contributed by atoms with Crippen molar-refractivity contribution in [1.29, 1.82) is 0 Å². The van der Waals surface area contributed by atoms with Crippen LogP contribution in [0.4, 0.5) is 18.9 Å². The predicted molar refractivity (Wildman–Crippen MR) is 143 cm³/mol. The van der Waals surface area contributed by atoms with Crippen molar-refractivity contribution in [2.24, 2.45) is 11.0 Å². The Kier molecular flexibility index (Phi) is 8.99. The van der Waals surface area contributed by atoms with Crippen LogP contribution in [0.2, 0.25) is 5.02 Å². The van der Waals surface area contributed by atoms with Crippen molar-refractivity contribution in [2.75, 3.05) is 45.9 Å². The molecule has 2 aliphatic heterocycles. The zero-order chi connectivity index (χ0) is 29.1. The van der Waals surface area contributed by atoms with Gasteiger partial charge < -0.3 is 29.3 Å². The maximum absolute atomic E-state index is 13.9. The van der Waals surface area contributed by atoms with Crippen LogP contribution in [-0.4, -0.2) is 76.0 Å². The number of hydrogen-bond acceptors (Lipinski definition) is 9. The van der Waals surface area contributed by atoms with Crippen molar-refractivity contribution in [2.45, 2.75) is 43.5 Å². The molecule has 13 heteroatoms. The summed E-state index contributed by atoms with van der Waals surface area (Å²) in [4.78, 5) is 18.2. The van der Waals surface area contributed by atoms with Crippen LogP contribution in [0.3, 0.4) is 0 Å². The molecule has 2 unspecified atom stereocenters. The maximum Gasteiger partial charge on any atom is 0.432 e. The molecule has 2 aromatic rings. The lowest BCUT2D eigenvalue weighted by molar-refractivity contribution is -0.141. The molecule has 0 saturated carbocycles. The number of carbonyl (C=O) groups is 1. The minimum Gasteiger partial charge on any atom is -0.490 e. The Bertz CT molecular complexity index is 1230. The molecule has 2 aliphatic rings. The SMILES string of the molecule is COCC1CN(c2cc(OC)ncc2Cl)CCC1Oc1ccc([C@]2(C)C(C(F)(F)F)=NN[C@H]2CC(=O)OC)cc1. The number of anilines is 1. The van der Waals surface area contributed by atoms with Gasteiger partial charge in [0.2, 0.25) is 5.88 Å². The third-order valence-corrected chi connectivity index (χ3v) is 7.83. The van der Waals surface area contributed by atoms with Gasteiger partial charge in [0.25, 0.3) is 0 Å². The third-order valence-electron chi connectivity index (χ3n) is 7.53. The predicted octanol–water partition coefficient (Wildman–Crippen LogP) is 4.37. The summed E-state index contributed by atoms with van der Waals surface area (Å²) in [5.74, 6) is 0.319. The number of carbonyl (C=O) groups excluding carboxylic acids is 1. The first-order chi connectivity index (χ1) is 19.0. The molecule has 4 rings (SSSR count). The standard InChI is InChI=1S/C27H32ClF3N4O5/c1-26(22(12-24(36)39-4)33-34-25(26)27(29,30)31)17-5-7-18(8-6-17)40-21-9-10-35(14-16(21)15-37-2)20-11-23(38-3)32-13-19(20)28/h5-8,11,13,16,21-22,33H,9-10,12,14-15H2,1-4H3/t16?,21?,22-,26-/m0/s1. The van der Waals surface area contributed by atoms with Gasteiger partial charge in [-0.05, 0) is 24.6 Å². The highest BCUT2D eigenvalue weighted by Gasteiger charge is 2.56. The number of ether oxygens (including phenoxy) is 4. The lowest BCUT2D eigenvalue weighted by atomic mass is 9.71. The largest absolute Gasteiger partial charge is 0.490 e. The molecule has 3 heterocycles. The number of pyridine rings is 1. The van der Waals surface area contributed by atoms with Gasteiger partial charge in [-0.2, -0.15) is 18.3 Å². The Balaban J connectivity index is 1.52. The van der Waals surface area contributed by atoms with E-state index in [1.165, 1.54) is 14.0 Å². The van der Waals surface area contributed by atoms with Gasteiger partial charge in [0.15, 0.2) is 5.71 Å². The first-order valence-electron chi connectivity index (χ1n) is 12.7. The molecule has 9 nitrogen and oxygen atoms in total. The molecule has 40 heavy (non-hydrogen) atoms. The fraction of sp³-hybridized carbons (Fsp3) is 0.519. The molecule has 0 aliphatic carbocycles. The van der Waals surface area contributed by atoms with Crippen molar-refractivity contribution in [3.8, 4) is 11.6 Å². The number of nitrogens with one attached hydrogen (secondary N) is 1. The second-order valence-electron chi connectivity index (χ2n) is 9.93. The second-order valence-corrected chi connectivity index (χ2v) is 10.3. The van der Waals surface area contributed by atoms with Crippen molar-refractivity contribution in [3.05, 3.63) is 47.1 Å². The van der Waals surface area contributed by atoms with E-state index in [-0.39, 0.29) is 18.4 Å². The number of hydrogen-bond donors (Lipinski definition) is 1. The Morgan fingerprint density at radius 3 is 2.58 bits per heavy atom. The molecule has 1 saturated heterocycles. The number of halogens is 4. The van der Waals surface area contributed by atoms with E-state index < -0.39 is 29.3 Å². The number of aromatic nitrogens is 1. The van der Waals surface area contributed by atoms with Crippen molar-refractivity contribution in [3.63, 3.8) is 0 Å². The minimum absolute atomic E-state index is 0.0152. The lowest BCUT2D eigenvalue weighted by Crippen LogP contribution is -2.49. The summed E-state index contributed by atoms with van der Waals surface area (Å²) in [6, 6.07) is 7.30. The fourth-order valence-corrected chi connectivity index (χ4v) is 5.55. The number of methoxy groups -OCH3 is 3. The lowest BCUT2D eigenvalue weighted by Gasteiger charge is -2.39. The van der Waals surface area contributed by atoms with Crippen LogP contribution in [0.25, 0.3) is 0 Å². The Labute approximate surface area is 235 Å². The number of hydrazone groups is 1. The van der Waals surface area contributed by atoms with E-state index >= 15 is 0 Å². The molecule has 0 radical (unpaired) electrons. The first-order valence-corrected chi connectivity index (χ1v) is 13.1. The molecule has 1 N–H and O–H groups in total. The van der Waals surface area contributed by atoms with Crippen molar-refractivity contribution >= 4 is 29.0 Å². The van der Waals surface area contributed by atoms with Gasteiger partial charge in [-0.3, -0.25) is 4.79 Å². The van der Waals surface area contributed by atoms with Gasteiger partial charge in [0.1, 0.15) is 11.9 Å². The molecular weight excluding hydrogens is 553 g/mol. The van der Waals surface area contributed by atoms with Gasteiger partial charge in [-0.1, -0.05) is 23.7 Å². The molecule has 1 aromatic heterocycles. The van der Waals surface area contributed by atoms with E-state index in [1.54, 1.807) is 50.7 Å². The summed E-state index contributed by atoms with van der Waals surface area (Å²) >= 11 is 6.41. The van der Waals surface area contributed by atoms with Crippen LogP contribution in [0.15, 0.2) is 41.6 Å². The van der Waals surface area contributed by atoms with Gasteiger partial charge in [0.05, 0.1) is 55.6 Å². The van der Waals surface area contributed by atoms with E-state index in [0.29, 0.717) is 48.3 Å². The van der Waals surface area contributed by atoms with Crippen LogP contribution >= 0.6 is 11.6 Å². The number of nitrogens with zero attached hydrogens (tertiary/aromatic N) is 3. The number of rotatable bonds is 9. The van der Waals surface area contributed by atoms with Crippen LogP contribution < -0.4 is 19.8 Å². The summed E-state index contributed by atoms with van der Waals surface area (Å²) in [6.07, 6.45) is -2.96.